The molecule has 0 radical (unpaired) electrons. The van der Waals surface area contributed by atoms with Crippen LogP contribution in [0.2, 0.25) is 5.02 Å². The predicted octanol–water partition coefficient (Wildman–Crippen LogP) is 4.99. The van der Waals surface area contributed by atoms with Gasteiger partial charge in [0.1, 0.15) is 0 Å². The van der Waals surface area contributed by atoms with E-state index in [0.717, 1.165) is 48.5 Å². The van der Waals surface area contributed by atoms with Crippen molar-refractivity contribution >= 4 is 17.5 Å². The maximum Gasteiger partial charge on any atom is 0.251 e. The number of carbonyl (C=O) groups excluding carboxylic acids is 1. The number of benzene rings is 2. The molecule has 1 aliphatic heterocycles. The van der Waals surface area contributed by atoms with Gasteiger partial charge in [0.15, 0.2) is 0 Å². The summed E-state index contributed by atoms with van der Waals surface area (Å²) < 4.78 is 0. The van der Waals surface area contributed by atoms with Crippen LogP contribution in [0.1, 0.15) is 53.7 Å². The van der Waals surface area contributed by atoms with Crippen LogP contribution in [0.5, 0.6) is 0 Å². The van der Waals surface area contributed by atoms with E-state index in [1.807, 2.05) is 43.3 Å². The Morgan fingerprint density at radius 1 is 1.15 bits per heavy atom. The van der Waals surface area contributed by atoms with Crippen molar-refractivity contribution in [2.45, 2.75) is 45.2 Å². The van der Waals surface area contributed by atoms with Crippen LogP contribution in [-0.2, 0) is 0 Å². The summed E-state index contributed by atoms with van der Waals surface area (Å²) in [4.78, 5) is 15.0. The lowest BCUT2D eigenvalue weighted by Gasteiger charge is -2.37. The Kier molecular flexibility index (Phi) is 6.33. The average molecular weight is 371 g/mol. The SMILES string of the molecule is CCC(c1ccc(Cl)cc1)N1CCC(NC(=O)c2ccccc2C)CC1. The Morgan fingerprint density at radius 3 is 2.42 bits per heavy atom. The van der Waals surface area contributed by atoms with Gasteiger partial charge in [0, 0.05) is 35.8 Å². The Balaban J connectivity index is 1.57. The molecule has 1 unspecified atom stereocenters. The van der Waals surface area contributed by atoms with Crippen molar-refractivity contribution < 1.29 is 4.79 Å². The Hall–Kier alpha value is -1.84. The maximum atomic E-state index is 12.5. The van der Waals surface area contributed by atoms with Crippen molar-refractivity contribution in [3.05, 3.63) is 70.2 Å². The summed E-state index contributed by atoms with van der Waals surface area (Å²) in [6, 6.07) is 16.6. The number of likely N-dealkylation sites (tertiary alicyclic amines) is 1. The Bertz CT molecular complexity index is 736. The van der Waals surface area contributed by atoms with Gasteiger partial charge < -0.3 is 5.32 Å². The quantitative estimate of drug-likeness (QED) is 0.803. The van der Waals surface area contributed by atoms with Gasteiger partial charge >= 0.3 is 0 Å². The van der Waals surface area contributed by atoms with Gasteiger partial charge in [-0.1, -0.05) is 48.9 Å². The number of hydrogen-bond donors (Lipinski definition) is 1. The van der Waals surface area contributed by atoms with Gasteiger partial charge in [0.25, 0.3) is 5.91 Å². The van der Waals surface area contributed by atoms with Crippen LogP contribution in [0, 0.1) is 6.92 Å². The molecule has 138 valence electrons. The summed E-state index contributed by atoms with van der Waals surface area (Å²) in [5.74, 6) is 0.0475. The van der Waals surface area contributed by atoms with Gasteiger partial charge in [0.2, 0.25) is 0 Å². The molecule has 1 fully saturated rings. The van der Waals surface area contributed by atoms with Crippen LogP contribution in [-0.4, -0.2) is 29.9 Å². The lowest BCUT2D eigenvalue weighted by molar-refractivity contribution is 0.0887. The number of hydrogen-bond acceptors (Lipinski definition) is 2. The summed E-state index contributed by atoms with van der Waals surface area (Å²) in [6.07, 6.45) is 3.05. The van der Waals surface area contributed by atoms with E-state index in [9.17, 15) is 4.79 Å². The molecule has 1 N–H and O–H groups in total. The third-order valence-electron chi connectivity index (χ3n) is 5.34. The van der Waals surface area contributed by atoms with Crippen LogP contribution in [0.25, 0.3) is 0 Å². The number of carbonyl (C=O) groups is 1. The normalized spacial score (nSPS) is 17.0. The zero-order valence-electron chi connectivity index (χ0n) is 15.5. The van der Waals surface area contributed by atoms with Gasteiger partial charge in [-0.2, -0.15) is 0 Å². The number of nitrogens with one attached hydrogen (secondary N) is 1. The van der Waals surface area contributed by atoms with Crippen molar-refractivity contribution in [3.63, 3.8) is 0 Å². The fourth-order valence-electron chi connectivity index (χ4n) is 3.84. The van der Waals surface area contributed by atoms with Crippen molar-refractivity contribution in [1.82, 2.24) is 10.2 Å². The monoisotopic (exact) mass is 370 g/mol. The molecule has 26 heavy (non-hydrogen) atoms. The van der Waals surface area contributed by atoms with Crippen LogP contribution < -0.4 is 5.32 Å². The van der Waals surface area contributed by atoms with E-state index in [0.29, 0.717) is 6.04 Å². The van der Waals surface area contributed by atoms with Gasteiger partial charge in [-0.05, 0) is 55.5 Å². The highest BCUT2D eigenvalue weighted by molar-refractivity contribution is 6.30. The number of nitrogens with zero attached hydrogens (tertiary/aromatic N) is 1. The van der Waals surface area contributed by atoms with E-state index in [1.165, 1.54) is 5.56 Å². The topological polar surface area (TPSA) is 32.3 Å². The van der Waals surface area contributed by atoms with Gasteiger partial charge in [-0.15, -0.1) is 0 Å². The molecule has 3 rings (SSSR count). The fraction of sp³-hybridized carbons (Fsp3) is 0.409. The second-order valence-corrected chi connectivity index (χ2v) is 7.51. The zero-order valence-corrected chi connectivity index (χ0v) is 16.3. The fourth-order valence-corrected chi connectivity index (χ4v) is 3.96. The minimum atomic E-state index is 0.0475. The molecule has 0 saturated carbocycles. The second kappa shape index (κ2) is 8.70. The first-order chi connectivity index (χ1) is 12.6. The molecule has 1 aliphatic rings. The zero-order chi connectivity index (χ0) is 18.5. The number of aryl methyl sites for hydroxylation is 1. The molecule has 0 aliphatic carbocycles. The van der Waals surface area contributed by atoms with Crippen LogP contribution >= 0.6 is 11.6 Å². The lowest BCUT2D eigenvalue weighted by atomic mass is 9.97. The van der Waals surface area contributed by atoms with E-state index in [2.05, 4.69) is 29.3 Å². The smallest absolute Gasteiger partial charge is 0.251 e. The molecule has 0 spiro atoms. The number of rotatable bonds is 5. The molecule has 4 heteroatoms. The predicted molar refractivity (Wildman–Crippen MR) is 108 cm³/mol. The first-order valence-electron chi connectivity index (χ1n) is 9.44. The average Bonchev–Trinajstić information content (AvgIpc) is 2.65. The molecular formula is C22H27ClN2O. The molecule has 1 atom stereocenters. The summed E-state index contributed by atoms with van der Waals surface area (Å²) in [6.45, 7) is 6.21. The maximum absolute atomic E-state index is 12.5. The van der Waals surface area contributed by atoms with Crippen LogP contribution in [0.15, 0.2) is 48.5 Å². The van der Waals surface area contributed by atoms with Gasteiger partial charge in [-0.25, -0.2) is 0 Å². The molecule has 0 aromatic heterocycles. The summed E-state index contributed by atoms with van der Waals surface area (Å²) >= 11 is 6.02. The van der Waals surface area contributed by atoms with E-state index in [1.54, 1.807) is 0 Å². The van der Waals surface area contributed by atoms with Crippen molar-refractivity contribution in [1.29, 1.82) is 0 Å². The number of amides is 1. The van der Waals surface area contributed by atoms with E-state index < -0.39 is 0 Å². The van der Waals surface area contributed by atoms with E-state index in [-0.39, 0.29) is 11.9 Å². The molecule has 2 aromatic rings. The lowest BCUT2D eigenvalue weighted by Crippen LogP contribution is -2.45. The minimum absolute atomic E-state index is 0.0475. The van der Waals surface area contributed by atoms with Crippen molar-refractivity contribution in [2.75, 3.05) is 13.1 Å². The van der Waals surface area contributed by atoms with Crippen LogP contribution in [0.4, 0.5) is 0 Å². The Morgan fingerprint density at radius 2 is 1.81 bits per heavy atom. The van der Waals surface area contributed by atoms with Gasteiger partial charge in [0.05, 0.1) is 0 Å². The summed E-state index contributed by atoms with van der Waals surface area (Å²) in [5.41, 5.74) is 3.12. The third-order valence-corrected chi connectivity index (χ3v) is 5.59. The number of halogens is 1. The molecule has 2 aromatic carbocycles. The second-order valence-electron chi connectivity index (χ2n) is 7.07. The summed E-state index contributed by atoms with van der Waals surface area (Å²) in [7, 11) is 0. The summed E-state index contributed by atoms with van der Waals surface area (Å²) in [5, 5.41) is 4.00. The molecular weight excluding hydrogens is 344 g/mol. The first-order valence-corrected chi connectivity index (χ1v) is 9.82. The van der Waals surface area contributed by atoms with Crippen LogP contribution in [0.3, 0.4) is 0 Å². The largest absolute Gasteiger partial charge is 0.349 e. The standard InChI is InChI=1S/C22H27ClN2O/c1-3-21(17-8-10-18(23)11-9-17)25-14-12-19(13-15-25)24-22(26)20-7-5-4-6-16(20)2/h4-11,19,21H,3,12-15H2,1-2H3,(H,24,26). The molecule has 1 amide bonds. The minimum Gasteiger partial charge on any atom is -0.349 e. The third kappa shape index (κ3) is 4.46. The number of piperidine rings is 1. The van der Waals surface area contributed by atoms with E-state index in [4.69, 9.17) is 11.6 Å². The first kappa shape index (κ1) is 18.9. The molecule has 1 saturated heterocycles. The van der Waals surface area contributed by atoms with Gasteiger partial charge in [-0.3, -0.25) is 9.69 Å². The highest BCUT2D eigenvalue weighted by atomic mass is 35.5. The van der Waals surface area contributed by atoms with Crippen molar-refractivity contribution in [3.8, 4) is 0 Å². The van der Waals surface area contributed by atoms with Crippen molar-refractivity contribution in [2.24, 2.45) is 0 Å². The highest BCUT2D eigenvalue weighted by Gasteiger charge is 2.26. The molecule has 1 heterocycles. The van der Waals surface area contributed by atoms with E-state index >= 15 is 0 Å². The molecule has 0 bridgehead atoms. The highest BCUT2D eigenvalue weighted by Crippen LogP contribution is 2.28. The molecule has 3 nitrogen and oxygen atoms in total. The Labute approximate surface area is 161 Å².